The molecule has 2 amide bonds. The van der Waals surface area contributed by atoms with Gasteiger partial charge in [0.2, 0.25) is 11.8 Å². The summed E-state index contributed by atoms with van der Waals surface area (Å²) in [5, 5.41) is 6.13. The van der Waals surface area contributed by atoms with Crippen molar-refractivity contribution in [1.82, 2.24) is 5.32 Å². The summed E-state index contributed by atoms with van der Waals surface area (Å²) < 4.78 is 5.24. The van der Waals surface area contributed by atoms with Crippen molar-refractivity contribution in [2.45, 2.75) is 44.8 Å². The standard InChI is InChI=1S/C22H23ClN2O4/c1-13(2)29-21(27)12-19(15-8-3-5-9-17(15)23)25-22(28)16-11-20(26)24-18-10-6-4-7-14(16)18/h3-10,13,16,19H,11-12H2,1-2H3,(H,24,26)(H,25,28)/t16-,19+/m0/s1. The van der Waals surface area contributed by atoms with Gasteiger partial charge in [-0.3, -0.25) is 14.4 Å². The Kier molecular flexibility index (Phi) is 6.54. The lowest BCUT2D eigenvalue weighted by Gasteiger charge is -2.27. The normalized spacial score (nSPS) is 16.6. The van der Waals surface area contributed by atoms with Crippen LogP contribution in [-0.4, -0.2) is 23.9 Å². The number of hydrogen-bond acceptors (Lipinski definition) is 4. The molecule has 0 unspecified atom stereocenters. The summed E-state index contributed by atoms with van der Waals surface area (Å²) in [4.78, 5) is 37.5. The highest BCUT2D eigenvalue weighted by atomic mass is 35.5. The molecule has 1 aliphatic rings. The minimum atomic E-state index is -0.667. The molecule has 0 spiro atoms. The summed E-state index contributed by atoms with van der Waals surface area (Å²) in [5.41, 5.74) is 1.99. The van der Waals surface area contributed by atoms with Crippen LogP contribution >= 0.6 is 11.6 Å². The van der Waals surface area contributed by atoms with Gasteiger partial charge in [-0.15, -0.1) is 0 Å². The Balaban J connectivity index is 1.86. The fraction of sp³-hybridized carbons (Fsp3) is 0.318. The molecule has 0 saturated carbocycles. The van der Waals surface area contributed by atoms with Crippen LogP contribution in [0.15, 0.2) is 48.5 Å². The first-order valence-electron chi connectivity index (χ1n) is 9.48. The molecule has 2 aromatic rings. The first kappa shape index (κ1) is 20.9. The Morgan fingerprint density at radius 2 is 1.86 bits per heavy atom. The lowest BCUT2D eigenvalue weighted by atomic mass is 9.89. The Hall–Kier alpha value is -2.86. The van der Waals surface area contributed by atoms with Gasteiger partial charge in [0, 0.05) is 17.1 Å². The van der Waals surface area contributed by atoms with E-state index in [4.69, 9.17) is 16.3 Å². The van der Waals surface area contributed by atoms with Gasteiger partial charge in [-0.2, -0.15) is 0 Å². The summed E-state index contributed by atoms with van der Waals surface area (Å²) in [6, 6.07) is 13.6. The zero-order valence-corrected chi connectivity index (χ0v) is 17.0. The van der Waals surface area contributed by atoms with E-state index in [1.807, 2.05) is 12.1 Å². The maximum absolute atomic E-state index is 13.1. The highest BCUT2D eigenvalue weighted by Gasteiger charge is 2.32. The summed E-state index contributed by atoms with van der Waals surface area (Å²) in [7, 11) is 0. The van der Waals surface area contributed by atoms with Crippen LogP contribution in [0.3, 0.4) is 0 Å². The van der Waals surface area contributed by atoms with Crippen molar-refractivity contribution in [3.8, 4) is 0 Å². The van der Waals surface area contributed by atoms with Gasteiger partial charge in [-0.25, -0.2) is 0 Å². The van der Waals surface area contributed by atoms with Gasteiger partial charge in [0.25, 0.3) is 0 Å². The number of halogens is 1. The van der Waals surface area contributed by atoms with Crippen LogP contribution in [-0.2, 0) is 19.1 Å². The lowest BCUT2D eigenvalue weighted by Crippen LogP contribution is -2.38. The van der Waals surface area contributed by atoms with E-state index in [0.29, 0.717) is 16.3 Å². The van der Waals surface area contributed by atoms with Crippen molar-refractivity contribution in [3.63, 3.8) is 0 Å². The van der Waals surface area contributed by atoms with E-state index in [1.165, 1.54) is 0 Å². The minimum Gasteiger partial charge on any atom is -0.463 e. The molecule has 0 radical (unpaired) electrons. The minimum absolute atomic E-state index is 0.0362. The third-order valence-electron chi connectivity index (χ3n) is 4.65. The number of anilines is 1. The molecule has 6 nitrogen and oxygen atoms in total. The fourth-order valence-electron chi connectivity index (χ4n) is 3.39. The molecule has 2 aromatic carbocycles. The molecule has 1 heterocycles. The first-order valence-corrected chi connectivity index (χ1v) is 9.86. The van der Waals surface area contributed by atoms with E-state index < -0.39 is 17.9 Å². The van der Waals surface area contributed by atoms with Crippen LogP contribution < -0.4 is 10.6 Å². The van der Waals surface area contributed by atoms with E-state index in [0.717, 1.165) is 5.56 Å². The molecule has 2 N–H and O–H groups in total. The van der Waals surface area contributed by atoms with E-state index in [9.17, 15) is 14.4 Å². The van der Waals surface area contributed by atoms with Crippen molar-refractivity contribution >= 4 is 35.1 Å². The van der Waals surface area contributed by atoms with Gasteiger partial charge >= 0.3 is 5.97 Å². The predicted octanol–water partition coefficient (Wildman–Crippen LogP) is 3.97. The Morgan fingerprint density at radius 3 is 2.59 bits per heavy atom. The lowest BCUT2D eigenvalue weighted by molar-refractivity contribution is -0.148. The zero-order chi connectivity index (χ0) is 21.0. The number of rotatable bonds is 6. The van der Waals surface area contributed by atoms with Crippen molar-refractivity contribution in [2.75, 3.05) is 5.32 Å². The van der Waals surface area contributed by atoms with Crippen molar-refractivity contribution in [3.05, 3.63) is 64.7 Å². The quantitative estimate of drug-likeness (QED) is 0.700. The number of carbonyl (C=O) groups is 3. The molecule has 2 atom stereocenters. The molecular formula is C22H23ClN2O4. The van der Waals surface area contributed by atoms with Crippen LogP contribution in [0.25, 0.3) is 0 Å². The Labute approximate surface area is 174 Å². The molecule has 3 rings (SSSR count). The van der Waals surface area contributed by atoms with Gasteiger partial charge in [-0.05, 0) is 37.1 Å². The zero-order valence-electron chi connectivity index (χ0n) is 16.3. The number of nitrogens with one attached hydrogen (secondary N) is 2. The number of carbonyl (C=O) groups excluding carboxylic acids is 3. The smallest absolute Gasteiger partial charge is 0.308 e. The molecule has 152 valence electrons. The molecule has 0 saturated heterocycles. The molecule has 7 heteroatoms. The molecule has 0 fully saturated rings. The molecule has 0 aromatic heterocycles. The average Bonchev–Trinajstić information content (AvgIpc) is 2.66. The van der Waals surface area contributed by atoms with E-state index in [-0.39, 0.29) is 30.8 Å². The largest absolute Gasteiger partial charge is 0.463 e. The van der Waals surface area contributed by atoms with Gasteiger partial charge in [-0.1, -0.05) is 48.0 Å². The van der Waals surface area contributed by atoms with Crippen LogP contribution in [0, 0.1) is 0 Å². The summed E-state index contributed by atoms with van der Waals surface area (Å²) in [6.45, 7) is 3.52. The summed E-state index contributed by atoms with van der Waals surface area (Å²) >= 11 is 6.31. The number of benzene rings is 2. The Morgan fingerprint density at radius 1 is 1.17 bits per heavy atom. The van der Waals surface area contributed by atoms with Crippen LogP contribution in [0.2, 0.25) is 5.02 Å². The second kappa shape index (κ2) is 9.09. The second-order valence-corrected chi connectivity index (χ2v) is 7.62. The van der Waals surface area contributed by atoms with E-state index in [1.54, 1.807) is 50.2 Å². The maximum Gasteiger partial charge on any atom is 0.308 e. The highest BCUT2D eigenvalue weighted by Crippen LogP contribution is 2.33. The first-order chi connectivity index (χ1) is 13.8. The summed E-state index contributed by atoms with van der Waals surface area (Å²) in [6.07, 6.45) is -0.290. The van der Waals surface area contributed by atoms with Crippen molar-refractivity contribution < 1.29 is 19.1 Å². The highest BCUT2D eigenvalue weighted by molar-refractivity contribution is 6.31. The summed E-state index contributed by atoms with van der Waals surface area (Å²) in [5.74, 6) is -1.65. The van der Waals surface area contributed by atoms with E-state index >= 15 is 0 Å². The second-order valence-electron chi connectivity index (χ2n) is 7.22. The van der Waals surface area contributed by atoms with Crippen LogP contribution in [0.4, 0.5) is 5.69 Å². The number of esters is 1. The fourth-order valence-corrected chi connectivity index (χ4v) is 3.66. The van der Waals surface area contributed by atoms with Crippen LogP contribution in [0.1, 0.15) is 49.8 Å². The van der Waals surface area contributed by atoms with Crippen LogP contribution in [0.5, 0.6) is 0 Å². The van der Waals surface area contributed by atoms with E-state index in [2.05, 4.69) is 10.6 Å². The van der Waals surface area contributed by atoms with Gasteiger partial charge < -0.3 is 15.4 Å². The topological polar surface area (TPSA) is 84.5 Å². The van der Waals surface area contributed by atoms with Gasteiger partial charge in [0.05, 0.1) is 24.5 Å². The van der Waals surface area contributed by atoms with Gasteiger partial charge in [0.1, 0.15) is 0 Å². The molecule has 0 bridgehead atoms. The molecule has 29 heavy (non-hydrogen) atoms. The number of para-hydroxylation sites is 1. The average molecular weight is 415 g/mol. The van der Waals surface area contributed by atoms with Gasteiger partial charge in [0.15, 0.2) is 0 Å². The number of fused-ring (bicyclic) bond motifs is 1. The number of amides is 2. The number of hydrogen-bond donors (Lipinski definition) is 2. The molecule has 0 aliphatic carbocycles. The third-order valence-corrected chi connectivity index (χ3v) is 5.00. The maximum atomic E-state index is 13.1. The molecular weight excluding hydrogens is 392 g/mol. The van der Waals surface area contributed by atoms with Crippen molar-refractivity contribution in [1.29, 1.82) is 0 Å². The van der Waals surface area contributed by atoms with Crippen molar-refractivity contribution in [2.24, 2.45) is 0 Å². The number of ether oxygens (including phenoxy) is 1. The predicted molar refractivity (Wildman–Crippen MR) is 111 cm³/mol. The third kappa shape index (κ3) is 5.15. The Bertz CT molecular complexity index is 929. The molecule has 1 aliphatic heterocycles. The SMILES string of the molecule is CC(C)OC(=O)C[C@@H](NC(=O)[C@H]1CC(=O)Nc2ccccc21)c1ccccc1Cl. The monoisotopic (exact) mass is 414 g/mol.